The van der Waals surface area contributed by atoms with Gasteiger partial charge in [-0.15, -0.1) is 0 Å². The van der Waals surface area contributed by atoms with E-state index in [9.17, 15) is 23.6 Å². The van der Waals surface area contributed by atoms with Crippen LogP contribution in [0.4, 0.5) is 9.18 Å². The third-order valence-electron chi connectivity index (χ3n) is 10.1. The number of rotatable bonds is 7. The van der Waals surface area contributed by atoms with Crippen molar-refractivity contribution in [2.75, 3.05) is 6.54 Å². The zero-order chi connectivity index (χ0) is 36.8. The predicted molar refractivity (Wildman–Crippen MR) is 191 cm³/mol. The number of aromatic nitrogens is 2. The minimum absolute atomic E-state index is 0.0396. The molecule has 11 heteroatoms. The van der Waals surface area contributed by atoms with E-state index in [0.717, 1.165) is 0 Å². The average Bonchev–Trinajstić information content (AvgIpc) is 3.55. The number of piperidine rings is 1. The Balaban J connectivity index is 1.44. The number of benzene rings is 1. The molecule has 0 N–H and O–H groups in total. The lowest BCUT2D eigenvalue weighted by molar-refractivity contribution is -0.140. The Morgan fingerprint density at radius 2 is 1.66 bits per heavy atom. The van der Waals surface area contributed by atoms with Gasteiger partial charge in [0.1, 0.15) is 17.5 Å². The highest BCUT2D eigenvalue weighted by atomic mass is 19.1. The second-order valence-corrected chi connectivity index (χ2v) is 15.5. The van der Waals surface area contributed by atoms with Gasteiger partial charge in [0, 0.05) is 59.5 Å². The number of ether oxygens (including phenoxy) is 1. The number of carbonyl (C=O) groups excluding carboxylic acids is 4. The molecule has 3 amide bonds. The topological polar surface area (TPSA) is 105 Å². The number of Topliss-reactive ketones (excluding diaryl/α,β-unsaturated/α-hetero) is 1. The molecule has 0 aliphatic carbocycles. The number of likely N-dealkylation sites (tertiary alicyclic amines) is 2. The fourth-order valence-corrected chi connectivity index (χ4v) is 7.95. The van der Waals surface area contributed by atoms with E-state index in [-0.39, 0.29) is 53.2 Å². The first-order chi connectivity index (χ1) is 23.4. The standard InChI is InChI=1S/C39H52FN5O5/c1-22(2)43(23(3)4)36(47)30-20-28(40)12-14-31(30)45-26(7)34(29-15-17-41-21-33(29)45)35(46)27-16-18-42(25(6)19-27)37(48)32-13-11-24(5)44(32)38(49)50-39(8,9)10/h12,14-15,17,20-25,27,32H,11,13,16,18-19H2,1-10H3/t24-,25+,27-,32+/m1/s1. The minimum atomic E-state index is -0.674. The number of fused-ring (bicyclic) bond motifs is 1. The molecule has 0 saturated carbocycles. The summed E-state index contributed by atoms with van der Waals surface area (Å²) in [4.78, 5) is 65.0. The minimum Gasteiger partial charge on any atom is -0.444 e. The number of hydrogen-bond donors (Lipinski definition) is 0. The third-order valence-corrected chi connectivity index (χ3v) is 10.1. The van der Waals surface area contributed by atoms with E-state index in [2.05, 4.69) is 4.98 Å². The highest BCUT2D eigenvalue weighted by Crippen LogP contribution is 2.36. The lowest BCUT2D eigenvalue weighted by Crippen LogP contribution is -2.55. The van der Waals surface area contributed by atoms with E-state index in [4.69, 9.17) is 4.74 Å². The van der Waals surface area contributed by atoms with Gasteiger partial charge in [0.15, 0.2) is 5.78 Å². The van der Waals surface area contributed by atoms with E-state index < -0.39 is 23.6 Å². The van der Waals surface area contributed by atoms with Crippen LogP contribution in [0.1, 0.15) is 114 Å². The Labute approximate surface area is 294 Å². The number of amides is 3. The fraction of sp³-hybridized carbons (Fsp3) is 0.564. The van der Waals surface area contributed by atoms with Crippen LogP contribution in [0.5, 0.6) is 0 Å². The van der Waals surface area contributed by atoms with Gasteiger partial charge in [0.25, 0.3) is 5.91 Å². The summed E-state index contributed by atoms with van der Waals surface area (Å²) in [5, 5.41) is 0.703. The Bertz CT molecular complexity index is 1780. The zero-order valence-electron chi connectivity index (χ0n) is 31.1. The lowest BCUT2D eigenvalue weighted by atomic mass is 9.84. The molecule has 0 spiro atoms. The lowest BCUT2D eigenvalue weighted by Gasteiger charge is -2.40. The van der Waals surface area contributed by atoms with Gasteiger partial charge in [-0.2, -0.15) is 0 Å². The predicted octanol–water partition coefficient (Wildman–Crippen LogP) is 7.33. The monoisotopic (exact) mass is 689 g/mol. The van der Waals surface area contributed by atoms with Gasteiger partial charge < -0.3 is 19.1 Å². The van der Waals surface area contributed by atoms with Crippen molar-refractivity contribution < 1.29 is 28.3 Å². The van der Waals surface area contributed by atoms with Gasteiger partial charge in [-0.1, -0.05) is 0 Å². The van der Waals surface area contributed by atoms with Crippen LogP contribution in [0.25, 0.3) is 16.6 Å². The molecule has 270 valence electrons. The summed E-state index contributed by atoms with van der Waals surface area (Å²) in [6.45, 7) is 19.3. The first-order valence-electron chi connectivity index (χ1n) is 17.9. The van der Waals surface area contributed by atoms with Gasteiger partial charge in [-0.3, -0.25) is 24.3 Å². The average molecular weight is 690 g/mol. The van der Waals surface area contributed by atoms with Crippen molar-refractivity contribution >= 4 is 34.6 Å². The van der Waals surface area contributed by atoms with Gasteiger partial charge in [-0.05, 0) is 119 Å². The molecule has 5 rings (SSSR count). The van der Waals surface area contributed by atoms with Gasteiger partial charge in [0.2, 0.25) is 5.91 Å². The molecular formula is C39H52FN5O5. The smallest absolute Gasteiger partial charge is 0.411 e. The SMILES string of the molecule is Cc1c(C(=O)[C@@H]2CCN(C(=O)[C@@H]3CC[C@@H](C)N3C(=O)OC(C)(C)C)[C@@H](C)C2)c2ccncc2n1-c1ccc(F)cc1C(=O)N(C(C)C)C(C)C. The molecule has 3 aromatic rings. The second kappa shape index (κ2) is 14.2. The number of carbonyl (C=O) groups is 4. The molecular weight excluding hydrogens is 637 g/mol. The highest BCUT2D eigenvalue weighted by molar-refractivity contribution is 6.11. The fourth-order valence-electron chi connectivity index (χ4n) is 7.95. The zero-order valence-corrected chi connectivity index (χ0v) is 31.1. The van der Waals surface area contributed by atoms with Crippen LogP contribution >= 0.6 is 0 Å². The highest BCUT2D eigenvalue weighted by Gasteiger charge is 2.45. The molecule has 2 saturated heterocycles. The van der Waals surface area contributed by atoms with Crippen molar-refractivity contribution in [1.82, 2.24) is 24.3 Å². The molecule has 2 fully saturated rings. The van der Waals surface area contributed by atoms with Gasteiger partial charge in [-0.25, -0.2) is 9.18 Å². The summed E-state index contributed by atoms with van der Waals surface area (Å²) in [7, 11) is 0. The maximum Gasteiger partial charge on any atom is 0.411 e. The molecule has 2 aliphatic heterocycles. The van der Waals surface area contributed by atoms with E-state index in [0.29, 0.717) is 60.1 Å². The second-order valence-electron chi connectivity index (χ2n) is 15.5. The van der Waals surface area contributed by atoms with Crippen LogP contribution in [0.2, 0.25) is 0 Å². The molecule has 1 aromatic carbocycles. The molecule has 0 radical (unpaired) electrons. The molecule has 2 aromatic heterocycles. The Morgan fingerprint density at radius 1 is 0.980 bits per heavy atom. The number of nitrogens with zero attached hydrogens (tertiary/aromatic N) is 5. The summed E-state index contributed by atoms with van der Waals surface area (Å²) < 4.78 is 22.2. The maximum absolute atomic E-state index is 14.7. The number of pyridine rings is 1. The molecule has 4 atom stereocenters. The van der Waals surface area contributed by atoms with Crippen LogP contribution in [0.15, 0.2) is 36.7 Å². The molecule has 0 unspecified atom stereocenters. The quantitative estimate of drug-likeness (QED) is 0.241. The Morgan fingerprint density at radius 3 is 2.28 bits per heavy atom. The van der Waals surface area contributed by atoms with Crippen molar-refractivity contribution in [2.24, 2.45) is 5.92 Å². The third kappa shape index (κ3) is 7.01. The van der Waals surface area contributed by atoms with Crippen LogP contribution in [0.3, 0.4) is 0 Å². The van der Waals surface area contributed by atoms with E-state index in [1.54, 1.807) is 34.3 Å². The number of hydrogen-bond acceptors (Lipinski definition) is 6. The largest absolute Gasteiger partial charge is 0.444 e. The number of halogens is 1. The molecule has 10 nitrogen and oxygen atoms in total. The molecule has 2 aliphatic rings. The van der Waals surface area contributed by atoms with Crippen molar-refractivity contribution in [1.29, 1.82) is 0 Å². The van der Waals surface area contributed by atoms with Crippen LogP contribution in [0, 0.1) is 18.7 Å². The van der Waals surface area contributed by atoms with E-state index in [1.165, 1.54) is 12.1 Å². The molecule has 50 heavy (non-hydrogen) atoms. The summed E-state index contributed by atoms with van der Waals surface area (Å²) in [6, 6.07) is 4.82. The number of ketones is 1. The van der Waals surface area contributed by atoms with Crippen LogP contribution in [-0.4, -0.2) is 90.3 Å². The first kappa shape index (κ1) is 37.0. The van der Waals surface area contributed by atoms with E-state index >= 15 is 0 Å². The van der Waals surface area contributed by atoms with Gasteiger partial charge in [0.05, 0.1) is 23.0 Å². The van der Waals surface area contributed by atoms with Crippen LogP contribution in [-0.2, 0) is 9.53 Å². The summed E-state index contributed by atoms with van der Waals surface area (Å²) >= 11 is 0. The summed E-state index contributed by atoms with van der Waals surface area (Å²) in [5.41, 5.74) is 1.83. The van der Waals surface area contributed by atoms with Gasteiger partial charge >= 0.3 is 6.09 Å². The normalized spacial score (nSPS) is 21.3. The first-order valence-corrected chi connectivity index (χ1v) is 17.9. The van der Waals surface area contributed by atoms with Crippen molar-refractivity contribution in [3.63, 3.8) is 0 Å². The Kier molecular flexibility index (Phi) is 10.5. The Hall–Kier alpha value is -4.28. The van der Waals surface area contributed by atoms with Crippen molar-refractivity contribution in [3.05, 3.63) is 59.3 Å². The molecule has 4 heterocycles. The van der Waals surface area contributed by atoms with Crippen LogP contribution < -0.4 is 0 Å². The summed E-state index contributed by atoms with van der Waals surface area (Å²) in [5.74, 6) is -1.32. The maximum atomic E-state index is 14.7. The van der Waals surface area contributed by atoms with Crippen molar-refractivity contribution in [2.45, 2.75) is 131 Å². The van der Waals surface area contributed by atoms with Crippen molar-refractivity contribution in [3.8, 4) is 5.69 Å². The summed E-state index contributed by atoms with van der Waals surface area (Å²) in [6.07, 6.45) is 5.05. The van der Waals surface area contributed by atoms with E-state index in [1.807, 2.05) is 78.7 Å². The molecule has 0 bridgehead atoms.